The van der Waals surface area contributed by atoms with E-state index >= 15 is 0 Å². The first kappa shape index (κ1) is 102. The van der Waals surface area contributed by atoms with Crippen molar-refractivity contribution >= 4 is 47.5 Å². The summed E-state index contributed by atoms with van der Waals surface area (Å²) in [5.41, 5.74) is 5.02. The number of unbranched alkanes of at least 4 members (excludes halogenated alkanes) is 32. The molecule has 4 aromatic carbocycles. The van der Waals surface area contributed by atoms with Gasteiger partial charge >= 0.3 is 23.9 Å². The van der Waals surface area contributed by atoms with E-state index in [9.17, 15) is 38.4 Å². The molecule has 1 aliphatic carbocycles. The first-order valence-corrected chi connectivity index (χ1v) is 48.7. The minimum Gasteiger partial charge on any atom is -0.476 e. The van der Waals surface area contributed by atoms with Crippen LogP contribution in [0.25, 0.3) is 0 Å². The molecular formula is C100H148N4O24. The van der Waals surface area contributed by atoms with Crippen LogP contribution in [-0.4, -0.2) is 154 Å². The van der Waals surface area contributed by atoms with Gasteiger partial charge in [-0.3, -0.25) is 38.4 Å². The van der Waals surface area contributed by atoms with Gasteiger partial charge in [0.2, 0.25) is 50.2 Å². The van der Waals surface area contributed by atoms with Crippen molar-refractivity contribution in [2.45, 2.75) is 336 Å². The number of ether oxygens (including phenoxy) is 16. The van der Waals surface area contributed by atoms with E-state index in [1.165, 1.54) is 25.7 Å². The second kappa shape index (κ2) is 57.3. The highest BCUT2D eigenvalue weighted by Crippen LogP contribution is 2.63. The average Bonchev–Trinajstić information content (AvgIpc) is 0.719. The molecule has 0 unspecified atom stereocenters. The fourth-order valence-corrected chi connectivity index (χ4v) is 17.9. The predicted molar refractivity (Wildman–Crippen MR) is 486 cm³/mol. The Hall–Kier alpha value is -9.76. The number of carbonyl (C=O) groups excluding carboxylic acids is 8. The molecule has 0 radical (unpaired) electrons. The quantitative estimate of drug-likeness (QED) is 0.0181. The smallest absolute Gasteiger partial charge is 0.325 e. The topological polar surface area (TPSA) is 332 Å². The molecule has 4 heterocycles. The SMILES string of the molecule is CCCCCCCCCCCC1c2cc3c4c(OCC(=O)NCC(=O)OCC)c2OCOc2c1cc1c(c2OCC(=O)NCC(=O)OCC)OCOc2c(cc5c(c2OCC(=O)NCC(=O)OCC)OCOc2c(cc(c(c2OCC(=O)NCC(=O)OCC)OCO4)C3CCCCCCCCCCC)C5CCCCCCCCCCC)C1CCCCCCCCCCC. The molecule has 712 valence electrons. The van der Waals surface area contributed by atoms with Gasteiger partial charge in [0.05, 0.1) is 26.4 Å². The van der Waals surface area contributed by atoms with Crippen molar-refractivity contribution in [3.63, 3.8) is 0 Å². The maximum absolute atomic E-state index is 14.5. The molecule has 8 bridgehead atoms. The molecule has 28 nitrogen and oxygen atoms in total. The van der Waals surface area contributed by atoms with Crippen molar-refractivity contribution in [2.24, 2.45) is 0 Å². The molecular weight excluding hydrogens is 1640 g/mol. The Balaban J connectivity index is 1.44. The number of rotatable bonds is 64. The summed E-state index contributed by atoms with van der Waals surface area (Å²) < 4.78 is 106. The summed E-state index contributed by atoms with van der Waals surface area (Å²) in [5, 5.41) is 10.8. The van der Waals surface area contributed by atoms with Crippen LogP contribution in [0.4, 0.5) is 0 Å². The molecule has 4 amide bonds. The van der Waals surface area contributed by atoms with Crippen molar-refractivity contribution in [1.82, 2.24) is 21.3 Å². The highest BCUT2D eigenvalue weighted by Gasteiger charge is 2.44. The van der Waals surface area contributed by atoms with Crippen LogP contribution < -0.4 is 78.1 Å². The first-order valence-electron chi connectivity index (χ1n) is 48.7. The monoisotopic (exact) mass is 1790 g/mol. The van der Waals surface area contributed by atoms with Crippen LogP contribution in [0.3, 0.4) is 0 Å². The van der Waals surface area contributed by atoms with E-state index < -0.39 is 151 Å². The fraction of sp³-hybridized carbons (Fsp3) is 0.680. The van der Waals surface area contributed by atoms with Gasteiger partial charge in [-0.25, -0.2) is 0 Å². The summed E-state index contributed by atoms with van der Waals surface area (Å²) in [5.74, 6) is -6.25. The first-order chi connectivity index (χ1) is 62.6. The van der Waals surface area contributed by atoms with Crippen molar-refractivity contribution < 1.29 is 114 Å². The van der Waals surface area contributed by atoms with Crippen LogP contribution in [0.5, 0.6) is 69.0 Å². The second-order valence-electron chi connectivity index (χ2n) is 34.0. The predicted octanol–water partition coefficient (Wildman–Crippen LogP) is 19.4. The van der Waals surface area contributed by atoms with Crippen LogP contribution in [0.1, 0.15) is 380 Å². The minimum absolute atomic E-state index is 0.0546. The Morgan fingerprint density at radius 3 is 0.555 bits per heavy atom. The highest BCUT2D eigenvalue weighted by atomic mass is 16.7. The molecule has 0 spiro atoms. The molecule has 5 aliphatic rings. The molecule has 0 saturated carbocycles. The van der Waals surface area contributed by atoms with E-state index in [1.54, 1.807) is 27.7 Å². The lowest BCUT2D eigenvalue weighted by Crippen LogP contribution is -2.34. The van der Waals surface area contributed by atoms with E-state index in [4.69, 9.17) is 75.8 Å². The third-order valence-electron chi connectivity index (χ3n) is 24.3. The zero-order chi connectivity index (χ0) is 91.0. The van der Waals surface area contributed by atoms with Gasteiger partial charge in [0.15, 0.2) is 72.4 Å². The van der Waals surface area contributed by atoms with Gasteiger partial charge in [0, 0.05) is 68.2 Å². The molecule has 128 heavy (non-hydrogen) atoms. The summed E-state index contributed by atoms with van der Waals surface area (Å²) in [7, 11) is 0. The number of hydrogen-bond donors (Lipinski definition) is 4. The third kappa shape index (κ3) is 31.3. The zero-order valence-electron chi connectivity index (χ0n) is 78.0. The lowest BCUT2D eigenvalue weighted by atomic mass is 9.75. The van der Waals surface area contributed by atoms with Gasteiger partial charge in [0.25, 0.3) is 23.6 Å². The molecule has 0 saturated heterocycles. The molecule has 0 fully saturated rings. The Kier molecular flexibility index (Phi) is 45.7. The fourth-order valence-electron chi connectivity index (χ4n) is 17.9. The summed E-state index contributed by atoms with van der Waals surface area (Å²) in [4.78, 5) is 110. The minimum atomic E-state index is -0.722. The highest BCUT2D eigenvalue weighted by molar-refractivity contribution is 5.86. The Morgan fingerprint density at radius 2 is 0.398 bits per heavy atom. The lowest BCUT2D eigenvalue weighted by Gasteiger charge is -2.37. The van der Waals surface area contributed by atoms with Crippen molar-refractivity contribution in [2.75, 3.05) is 106 Å². The van der Waals surface area contributed by atoms with Gasteiger partial charge < -0.3 is 97.1 Å². The van der Waals surface area contributed by atoms with Gasteiger partial charge in [-0.2, -0.15) is 0 Å². The zero-order valence-corrected chi connectivity index (χ0v) is 78.0. The number of amides is 4. The molecule has 0 aromatic heterocycles. The number of nitrogens with one attached hydrogen (secondary N) is 4. The maximum atomic E-state index is 14.5. The largest absolute Gasteiger partial charge is 0.476 e. The van der Waals surface area contributed by atoms with E-state index in [2.05, 4.69) is 73.2 Å². The summed E-state index contributed by atoms with van der Waals surface area (Å²) in [6.45, 7) is 9.65. The molecule has 4 aliphatic heterocycles. The van der Waals surface area contributed by atoms with E-state index in [0.717, 1.165) is 180 Å². The lowest BCUT2D eigenvalue weighted by molar-refractivity contribution is -0.144. The molecule has 4 aromatic rings. The number of carbonyl (C=O) groups is 8. The third-order valence-corrected chi connectivity index (χ3v) is 24.3. The molecule has 0 atom stereocenters. The van der Waals surface area contributed by atoms with Gasteiger partial charge in [-0.1, -0.05) is 259 Å². The van der Waals surface area contributed by atoms with Crippen LogP contribution in [-0.2, 0) is 57.3 Å². The van der Waals surface area contributed by atoms with Crippen LogP contribution in [0.2, 0.25) is 0 Å². The molecule has 9 rings (SSSR count). The van der Waals surface area contributed by atoms with Crippen molar-refractivity contribution in [3.05, 3.63) is 68.8 Å². The molecule has 4 N–H and O–H groups in total. The summed E-state index contributed by atoms with van der Waals surface area (Å²) >= 11 is 0. The van der Waals surface area contributed by atoms with Gasteiger partial charge in [-0.15, -0.1) is 0 Å². The Labute approximate surface area is 759 Å². The second-order valence-corrected chi connectivity index (χ2v) is 34.0. The van der Waals surface area contributed by atoms with Crippen LogP contribution >= 0.6 is 0 Å². The van der Waals surface area contributed by atoms with Crippen LogP contribution in [0.15, 0.2) is 24.3 Å². The summed E-state index contributed by atoms with van der Waals surface area (Å²) in [6.07, 6.45) is 38.5. The standard InChI is InChI=1S/C100H148N4O24/c1-9-17-21-25-29-33-37-41-45-49-69-73-53-75-70(50-46-42-38-34-30-26-22-18-10-2)77-55-79-72(52-48-44-40-36-32-28-24-20-12-4)80-56-78-71(51-47-43-39-35-31-27-23-19-11-3)76-54-74(69)90-98(118-62-82(106)102-58-86(110)114-14-6)92(76)124-67-126-94(78)100(120-64-84(108)104-60-88(112)116-16-8)96(80)128-68-127-95(79)99(119-63-83(107)103-59-87(111)115-15-7)93(77)125-66-123-91(75)97(89(73)121-65-122-90)117-61-81(105)101-57-85(109)113-13-5/h53-56,69-72H,9-52,57-68H2,1-8H3,(H,101,105)(H,102,106)(H,103,107)(H,104,108). The normalized spacial score (nSPS) is 15.2. The van der Waals surface area contributed by atoms with Crippen molar-refractivity contribution in [1.29, 1.82) is 0 Å². The average molecular weight is 1790 g/mol. The Bertz CT molecular complexity index is 3510. The van der Waals surface area contributed by atoms with Gasteiger partial charge in [0.1, 0.15) is 26.2 Å². The van der Waals surface area contributed by atoms with E-state index in [0.29, 0.717) is 95.9 Å². The summed E-state index contributed by atoms with van der Waals surface area (Å²) in [6, 6.07) is 8.57. The number of hydrogen-bond acceptors (Lipinski definition) is 24. The maximum Gasteiger partial charge on any atom is 0.325 e. The number of esters is 4. The van der Waals surface area contributed by atoms with E-state index in [-0.39, 0.29) is 95.4 Å². The number of benzene rings is 4. The molecule has 28 heteroatoms. The van der Waals surface area contributed by atoms with Crippen molar-refractivity contribution in [3.8, 4) is 69.0 Å². The van der Waals surface area contributed by atoms with Gasteiger partial charge in [-0.05, 0) is 77.6 Å². The van der Waals surface area contributed by atoms with E-state index in [1.807, 2.05) is 0 Å². The Morgan fingerprint density at radius 1 is 0.242 bits per heavy atom. The van der Waals surface area contributed by atoms with Crippen LogP contribution in [0, 0.1) is 0 Å².